The van der Waals surface area contributed by atoms with E-state index in [1.54, 1.807) is 7.11 Å². The molecule has 0 radical (unpaired) electrons. The number of hydrogen-bond acceptors (Lipinski definition) is 5. The standard InChI is InChI=1S/C7H5IN4OS.C5H12O/c8-14-12-2-1-5-7(12)9-3-6(11-5)10-4-13;1-5(2,3)6-4/h1-4H,(H,10,11,13);1-4H3. The van der Waals surface area contributed by atoms with Gasteiger partial charge in [0.1, 0.15) is 5.52 Å². The number of carbonyl (C=O) groups excluding carboxylic acids is 1. The van der Waals surface area contributed by atoms with Gasteiger partial charge in [0.15, 0.2) is 11.5 Å². The molecule has 1 N–H and O–H groups in total. The molecule has 6 nitrogen and oxygen atoms in total. The van der Waals surface area contributed by atoms with Crippen LogP contribution in [-0.2, 0) is 9.53 Å². The van der Waals surface area contributed by atoms with Gasteiger partial charge in [-0.1, -0.05) is 0 Å². The maximum absolute atomic E-state index is 10.2. The van der Waals surface area contributed by atoms with Crippen LogP contribution in [0.3, 0.4) is 0 Å². The molecule has 110 valence electrons. The highest BCUT2D eigenvalue weighted by Gasteiger charge is 2.04. The molecule has 0 bridgehead atoms. The molecule has 0 saturated heterocycles. The zero-order chi connectivity index (χ0) is 15.2. The van der Waals surface area contributed by atoms with E-state index in [-0.39, 0.29) is 5.60 Å². The number of nitrogens with one attached hydrogen (secondary N) is 1. The maximum Gasteiger partial charge on any atom is 0.212 e. The van der Waals surface area contributed by atoms with E-state index < -0.39 is 0 Å². The van der Waals surface area contributed by atoms with Crippen molar-refractivity contribution in [2.45, 2.75) is 26.4 Å². The number of nitrogens with zero attached hydrogens (tertiary/aromatic N) is 3. The first-order valence-corrected chi connectivity index (χ1v) is 9.11. The summed E-state index contributed by atoms with van der Waals surface area (Å²) in [6, 6.07) is 1.85. The molecular formula is C12H17IN4O2S. The van der Waals surface area contributed by atoms with E-state index >= 15 is 0 Å². The summed E-state index contributed by atoms with van der Waals surface area (Å²) < 4.78 is 6.83. The average molecular weight is 408 g/mol. The van der Waals surface area contributed by atoms with E-state index in [0.29, 0.717) is 12.2 Å². The number of carbonyl (C=O) groups is 1. The molecule has 0 aliphatic carbocycles. The van der Waals surface area contributed by atoms with Crippen molar-refractivity contribution in [3.05, 3.63) is 18.5 Å². The Balaban J connectivity index is 0.000000286. The van der Waals surface area contributed by atoms with Crippen LogP contribution in [0.25, 0.3) is 11.2 Å². The average Bonchev–Trinajstić information content (AvgIpc) is 2.81. The van der Waals surface area contributed by atoms with Crippen molar-refractivity contribution in [1.29, 1.82) is 0 Å². The van der Waals surface area contributed by atoms with E-state index in [9.17, 15) is 4.79 Å². The first-order chi connectivity index (χ1) is 9.41. The van der Waals surface area contributed by atoms with Gasteiger partial charge in [-0.25, -0.2) is 9.97 Å². The van der Waals surface area contributed by atoms with Crippen LogP contribution in [0.15, 0.2) is 18.5 Å². The number of anilines is 1. The van der Waals surface area contributed by atoms with Crippen LogP contribution in [0.5, 0.6) is 0 Å². The molecule has 0 fully saturated rings. The first kappa shape index (κ1) is 17.2. The second-order valence-electron chi connectivity index (χ2n) is 4.75. The van der Waals surface area contributed by atoms with Crippen LogP contribution in [0.1, 0.15) is 20.8 Å². The molecule has 0 aromatic carbocycles. The van der Waals surface area contributed by atoms with Crippen LogP contribution in [0.2, 0.25) is 0 Å². The fourth-order valence-corrected chi connectivity index (χ4v) is 2.34. The smallest absolute Gasteiger partial charge is 0.212 e. The normalized spacial score (nSPS) is 10.8. The molecule has 8 heteroatoms. The highest BCUT2D eigenvalue weighted by atomic mass is 127. The first-order valence-electron chi connectivity index (χ1n) is 5.80. The molecule has 1 amide bonds. The summed E-state index contributed by atoms with van der Waals surface area (Å²) in [4.78, 5) is 18.6. The predicted octanol–water partition coefficient (Wildman–Crippen LogP) is 3.28. The van der Waals surface area contributed by atoms with Crippen molar-refractivity contribution in [3.8, 4) is 0 Å². The van der Waals surface area contributed by atoms with Crippen molar-refractivity contribution in [3.63, 3.8) is 0 Å². The molecule has 2 aromatic rings. The van der Waals surface area contributed by atoms with Crippen molar-refractivity contribution < 1.29 is 9.53 Å². The van der Waals surface area contributed by atoms with E-state index in [2.05, 4.69) is 36.5 Å². The van der Waals surface area contributed by atoms with Crippen molar-refractivity contribution in [1.82, 2.24) is 13.9 Å². The third kappa shape index (κ3) is 5.25. The summed E-state index contributed by atoms with van der Waals surface area (Å²) >= 11 is 2.16. The summed E-state index contributed by atoms with van der Waals surface area (Å²) in [7, 11) is 3.23. The monoisotopic (exact) mass is 408 g/mol. The Morgan fingerprint density at radius 1 is 1.50 bits per heavy atom. The van der Waals surface area contributed by atoms with E-state index in [0.717, 1.165) is 11.2 Å². The number of rotatable bonds is 3. The number of halogens is 1. The van der Waals surface area contributed by atoms with Crippen LogP contribution >= 0.6 is 30.3 Å². The second kappa shape index (κ2) is 7.79. The lowest BCUT2D eigenvalue weighted by Gasteiger charge is -2.14. The Kier molecular flexibility index (Phi) is 6.69. The minimum atomic E-state index is 0.0417. The van der Waals surface area contributed by atoms with E-state index in [1.165, 1.54) is 15.3 Å². The van der Waals surface area contributed by atoms with Crippen LogP contribution < -0.4 is 5.32 Å². The fraction of sp³-hybridized carbons (Fsp3) is 0.417. The maximum atomic E-state index is 10.2. The Bertz CT molecular complexity index is 568. The molecule has 0 spiro atoms. The number of hydrogen-bond donors (Lipinski definition) is 1. The summed E-state index contributed by atoms with van der Waals surface area (Å²) in [6.07, 6.45) is 3.99. The van der Waals surface area contributed by atoms with Crippen LogP contribution in [0.4, 0.5) is 5.82 Å². The lowest BCUT2D eigenvalue weighted by Crippen LogP contribution is -2.15. The van der Waals surface area contributed by atoms with Gasteiger partial charge in [-0.3, -0.25) is 8.77 Å². The molecule has 2 rings (SSSR count). The minimum Gasteiger partial charge on any atom is -0.379 e. The van der Waals surface area contributed by atoms with Crippen molar-refractivity contribution in [2.24, 2.45) is 0 Å². The topological polar surface area (TPSA) is 69.0 Å². The fourth-order valence-electron chi connectivity index (χ4n) is 1.07. The van der Waals surface area contributed by atoms with Gasteiger partial charge in [0.2, 0.25) is 6.41 Å². The zero-order valence-electron chi connectivity index (χ0n) is 11.8. The quantitative estimate of drug-likeness (QED) is 0.624. The number of fused-ring (bicyclic) bond motifs is 1. The molecule has 20 heavy (non-hydrogen) atoms. The summed E-state index contributed by atoms with van der Waals surface area (Å²) in [5.41, 5.74) is 1.60. The Labute approximate surface area is 134 Å². The number of aromatic nitrogens is 3. The van der Waals surface area contributed by atoms with Crippen molar-refractivity contribution >= 4 is 53.7 Å². The lowest BCUT2D eigenvalue weighted by atomic mass is 10.2. The summed E-state index contributed by atoms with van der Waals surface area (Å²) in [5.74, 6) is 0.462. The second-order valence-corrected chi connectivity index (χ2v) is 6.47. The Hall–Kier alpha value is -0.870. The predicted molar refractivity (Wildman–Crippen MR) is 91.0 cm³/mol. The van der Waals surface area contributed by atoms with Crippen molar-refractivity contribution in [2.75, 3.05) is 12.4 Å². The van der Waals surface area contributed by atoms with Gasteiger partial charge in [-0.15, -0.1) is 0 Å². The molecule has 2 heterocycles. The highest BCUT2D eigenvalue weighted by molar-refractivity contribution is 14.2. The molecule has 0 atom stereocenters. The van der Waals surface area contributed by atoms with Gasteiger partial charge in [-0.2, -0.15) is 0 Å². The van der Waals surface area contributed by atoms with E-state index in [1.807, 2.05) is 37.0 Å². The SMILES string of the molecule is COC(C)(C)C.O=CNc1cnc2c(ccn2SI)n1. The van der Waals surface area contributed by atoms with Gasteiger partial charge in [0.25, 0.3) is 0 Å². The number of amides is 1. The van der Waals surface area contributed by atoms with Gasteiger partial charge in [-0.05, 0) is 26.8 Å². The van der Waals surface area contributed by atoms with E-state index in [4.69, 9.17) is 4.74 Å². The Morgan fingerprint density at radius 3 is 2.65 bits per heavy atom. The lowest BCUT2D eigenvalue weighted by molar-refractivity contribution is -0.105. The molecule has 0 aliphatic heterocycles. The number of ether oxygens (including phenoxy) is 1. The minimum absolute atomic E-state index is 0.0417. The van der Waals surface area contributed by atoms with Gasteiger partial charge in [0.05, 0.1) is 11.8 Å². The number of methoxy groups -OCH3 is 1. The van der Waals surface area contributed by atoms with Crippen LogP contribution in [0, 0.1) is 0 Å². The summed E-state index contributed by atoms with van der Waals surface area (Å²) in [5, 5.41) is 2.45. The molecule has 0 saturated carbocycles. The van der Waals surface area contributed by atoms with Gasteiger partial charge < -0.3 is 10.1 Å². The summed E-state index contributed by atoms with van der Waals surface area (Å²) in [6.45, 7) is 6.06. The molecule has 0 unspecified atom stereocenters. The highest BCUT2D eigenvalue weighted by Crippen LogP contribution is 2.22. The zero-order valence-corrected chi connectivity index (χ0v) is 14.7. The molecule has 2 aromatic heterocycles. The van der Waals surface area contributed by atoms with Gasteiger partial charge in [0, 0.05) is 43.6 Å². The third-order valence-corrected chi connectivity index (χ3v) is 3.97. The molecule has 0 aliphatic rings. The largest absolute Gasteiger partial charge is 0.379 e. The molecular weight excluding hydrogens is 391 g/mol. The van der Waals surface area contributed by atoms with Gasteiger partial charge >= 0.3 is 0 Å². The Morgan fingerprint density at radius 2 is 2.15 bits per heavy atom. The van der Waals surface area contributed by atoms with Crippen LogP contribution in [-0.4, -0.2) is 33.1 Å². The third-order valence-electron chi connectivity index (χ3n) is 2.25.